The maximum Gasteiger partial charge on any atom is 0.276 e. The number of rotatable bonds is 3. The number of aromatic nitrogens is 3. The lowest BCUT2D eigenvalue weighted by atomic mass is 10.1. The number of carbonyl (C=O) groups excluding carboxylic acids is 1. The summed E-state index contributed by atoms with van der Waals surface area (Å²) in [4.78, 5) is 23.1. The van der Waals surface area contributed by atoms with E-state index in [1.807, 2.05) is 23.1 Å². The number of carbonyl (C=O) groups is 1. The molecule has 6 nitrogen and oxygen atoms in total. The predicted molar refractivity (Wildman–Crippen MR) is 95.7 cm³/mol. The maximum atomic E-state index is 12.6. The minimum Gasteiger partial charge on any atom is -0.332 e. The van der Waals surface area contributed by atoms with Gasteiger partial charge in [-0.3, -0.25) is 9.78 Å². The largest absolute Gasteiger partial charge is 0.332 e. The van der Waals surface area contributed by atoms with Gasteiger partial charge in [-0.2, -0.15) is 4.98 Å². The Kier molecular flexibility index (Phi) is 3.55. The summed E-state index contributed by atoms with van der Waals surface area (Å²) in [6.07, 6.45) is 5.54. The molecule has 1 atom stereocenters. The van der Waals surface area contributed by atoms with Gasteiger partial charge in [0.2, 0.25) is 5.91 Å². The molecule has 0 radical (unpaired) electrons. The van der Waals surface area contributed by atoms with Crippen molar-refractivity contribution in [2.24, 2.45) is 0 Å². The molecule has 1 saturated heterocycles. The molecule has 3 aromatic rings. The van der Waals surface area contributed by atoms with Gasteiger partial charge in [0.1, 0.15) is 5.69 Å². The number of hydrogen-bond acceptors (Lipinski definition) is 5. The zero-order valence-corrected chi connectivity index (χ0v) is 14.3. The first kappa shape index (κ1) is 15.3. The first-order valence-corrected chi connectivity index (χ1v) is 8.95. The summed E-state index contributed by atoms with van der Waals surface area (Å²) in [5.74, 6) is 1.01. The van der Waals surface area contributed by atoms with E-state index in [4.69, 9.17) is 4.52 Å². The molecule has 5 rings (SSSR count). The first-order valence-electron chi connectivity index (χ1n) is 8.95. The second kappa shape index (κ2) is 6.05. The van der Waals surface area contributed by atoms with E-state index in [1.54, 1.807) is 6.20 Å². The number of fused-ring (bicyclic) bond motifs is 1. The van der Waals surface area contributed by atoms with Crippen molar-refractivity contribution in [2.75, 3.05) is 11.4 Å². The standard InChI is InChI=1S/C20H18N4O2/c25-18-11-15(19-22-20(26-23-19)17-6-1-2-9-21-17)12-24(18)16-8-7-13-4-3-5-14(13)10-16/h1-2,6-10,15H,3-5,11-12H2. The van der Waals surface area contributed by atoms with Crippen LogP contribution in [0.4, 0.5) is 5.69 Å². The van der Waals surface area contributed by atoms with E-state index in [2.05, 4.69) is 33.3 Å². The highest BCUT2D eigenvalue weighted by molar-refractivity contribution is 5.96. The molecule has 6 heteroatoms. The number of nitrogens with zero attached hydrogens (tertiary/aromatic N) is 4. The summed E-state index contributed by atoms with van der Waals surface area (Å²) in [5, 5.41) is 4.09. The molecule has 130 valence electrons. The van der Waals surface area contributed by atoms with Crippen molar-refractivity contribution >= 4 is 11.6 Å². The summed E-state index contributed by atoms with van der Waals surface area (Å²) in [7, 11) is 0. The molecule has 1 amide bonds. The highest BCUT2D eigenvalue weighted by Crippen LogP contribution is 2.33. The monoisotopic (exact) mass is 346 g/mol. The van der Waals surface area contributed by atoms with Gasteiger partial charge < -0.3 is 9.42 Å². The number of benzene rings is 1. The van der Waals surface area contributed by atoms with Crippen LogP contribution in [0.1, 0.15) is 35.7 Å². The van der Waals surface area contributed by atoms with E-state index >= 15 is 0 Å². The quantitative estimate of drug-likeness (QED) is 0.728. The van der Waals surface area contributed by atoms with Crippen LogP contribution in [-0.4, -0.2) is 27.6 Å². The summed E-state index contributed by atoms with van der Waals surface area (Å²) >= 11 is 0. The molecule has 1 aromatic carbocycles. The average molecular weight is 346 g/mol. The topological polar surface area (TPSA) is 72.1 Å². The Morgan fingerprint density at radius 2 is 2.04 bits per heavy atom. The second-order valence-electron chi connectivity index (χ2n) is 6.88. The van der Waals surface area contributed by atoms with Gasteiger partial charge >= 0.3 is 0 Å². The van der Waals surface area contributed by atoms with Crippen LogP contribution in [0.15, 0.2) is 47.1 Å². The van der Waals surface area contributed by atoms with Gasteiger partial charge in [-0.05, 0) is 54.7 Å². The summed E-state index contributed by atoms with van der Waals surface area (Å²) in [5.41, 5.74) is 4.41. The molecule has 0 bridgehead atoms. The Bertz CT molecular complexity index is 967. The molecule has 3 heterocycles. The van der Waals surface area contributed by atoms with Crippen molar-refractivity contribution in [1.82, 2.24) is 15.1 Å². The first-order chi connectivity index (χ1) is 12.8. The van der Waals surface area contributed by atoms with Gasteiger partial charge in [0, 0.05) is 30.8 Å². The minimum absolute atomic E-state index is 0.0584. The number of hydrogen-bond donors (Lipinski definition) is 0. The number of aryl methyl sites for hydroxylation is 2. The fourth-order valence-corrected chi connectivity index (χ4v) is 3.85. The Hall–Kier alpha value is -3.02. The fourth-order valence-electron chi connectivity index (χ4n) is 3.85. The Morgan fingerprint density at radius 1 is 1.12 bits per heavy atom. The number of amides is 1. The predicted octanol–water partition coefficient (Wildman–Crippen LogP) is 3.14. The van der Waals surface area contributed by atoms with Crippen LogP contribution in [0.3, 0.4) is 0 Å². The highest BCUT2D eigenvalue weighted by Gasteiger charge is 2.35. The number of pyridine rings is 1. The normalized spacial score (nSPS) is 19.2. The van der Waals surface area contributed by atoms with Crippen molar-refractivity contribution in [3.05, 3.63) is 59.5 Å². The van der Waals surface area contributed by atoms with Gasteiger partial charge in [-0.25, -0.2) is 0 Å². The zero-order chi connectivity index (χ0) is 17.5. The molecular formula is C20H18N4O2. The summed E-state index contributed by atoms with van der Waals surface area (Å²) < 4.78 is 5.35. The molecule has 1 unspecified atom stereocenters. The smallest absolute Gasteiger partial charge is 0.276 e. The maximum absolute atomic E-state index is 12.6. The fraction of sp³-hybridized carbons (Fsp3) is 0.300. The highest BCUT2D eigenvalue weighted by atomic mass is 16.5. The molecule has 0 spiro atoms. The lowest BCUT2D eigenvalue weighted by Gasteiger charge is -2.17. The van der Waals surface area contributed by atoms with Gasteiger partial charge in [0.25, 0.3) is 5.89 Å². The lowest BCUT2D eigenvalue weighted by Crippen LogP contribution is -2.24. The Labute approximate surface area is 150 Å². The molecule has 1 aliphatic heterocycles. The van der Waals surface area contributed by atoms with Crippen LogP contribution < -0.4 is 4.90 Å². The Morgan fingerprint density at radius 3 is 2.92 bits per heavy atom. The van der Waals surface area contributed by atoms with E-state index in [0.717, 1.165) is 18.5 Å². The van der Waals surface area contributed by atoms with E-state index in [1.165, 1.54) is 17.5 Å². The van der Waals surface area contributed by atoms with Crippen LogP contribution in [0, 0.1) is 0 Å². The molecule has 0 saturated carbocycles. The molecule has 0 N–H and O–H groups in total. The van der Waals surface area contributed by atoms with Crippen LogP contribution in [-0.2, 0) is 17.6 Å². The van der Waals surface area contributed by atoms with Crippen molar-refractivity contribution in [3.63, 3.8) is 0 Å². The molecule has 1 fully saturated rings. The number of anilines is 1. The van der Waals surface area contributed by atoms with Crippen molar-refractivity contribution < 1.29 is 9.32 Å². The summed E-state index contributed by atoms with van der Waals surface area (Å²) in [6, 6.07) is 11.9. The zero-order valence-electron chi connectivity index (χ0n) is 14.3. The lowest BCUT2D eigenvalue weighted by molar-refractivity contribution is -0.117. The van der Waals surface area contributed by atoms with Gasteiger partial charge in [-0.15, -0.1) is 0 Å². The van der Waals surface area contributed by atoms with E-state index < -0.39 is 0 Å². The van der Waals surface area contributed by atoms with Crippen molar-refractivity contribution in [1.29, 1.82) is 0 Å². The Balaban J connectivity index is 1.38. The van der Waals surface area contributed by atoms with Crippen LogP contribution >= 0.6 is 0 Å². The average Bonchev–Trinajstić information content (AvgIpc) is 3.41. The minimum atomic E-state index is -0.0584. The van der Waals surface area contributed by atoms with Crippen molar-refractivity contribution in [3.8, 4) is 11.6 Å². The van der Waals surface area contributed by atoms with Crippen LogP contribution in [0.2, 0.25) is 0 Å². The summed E-state index contributed by atoms with van der Waals surface area (Å²) in [6.45, 7) is 0.582. The van der Waals surface area contributed by atoms with Gasteiger partial charge in [-0.1, -0.05) is 17.3 Å². The van der Waals surface area contributed by atoms with Crippen LogP contribution in [0.5, 0.6) is 0 Å². The van der Waals surface area contributed by atoms with Crippen molar-refractivity contribution in [2.45, 2.75) is 31.6 Å². The molecular weight excluding hydrogens is 328 g/mol. The molecule has 1 aliphatic carbocycles. The molecule has 26 heavy (non-hydrogen) atoms. The third-order valence-corrected chi connectivity index (χ3v) is 5.21. The third-order valence-electron chi connectivity index (χ3n) is 5.21. The van der Waals surface area contributed by atoms with E-state index in [0.29, 0.717) is 30.4 Å². The van der Waals surface area contributed by atoms with Crippen LogP contribution in [0.25, 0.3) is 11.6 Å². The third kappa shape index (κ3) is 2.58. The van der Waals surface area contributed by atoms with Gasteiger partial charge in [0.05, 0.1) is 0 Å². The molecule has 2 aliphatic rings. The van der Waals surface area contributed by atoms with E-state index in [-0.39, 0.29) is 11.8 Å². The second-order valence-corrected chi connectivity index (χ2v) is 6.88. The SMILES string of the molecule is O=C1CC(c2noc(-c3ccccn3)n2)CN1c1ccc2c(c1)CCC2. The molecule has 2 aromatic heterocycles. The van der Waals surface area contributed by atoms with Gasteiger partial charge in [0.15, 0.2) is 5.82 Å². The van der Waals surface area contributed by atoms with E-state index in [9.17, 15) is 4.79 Å².